The van der Waals surface area contributed by atoms with Crippen LogP contribution >= 0.6 is 22.6 Å². The number of para-hydroxylation sites is 1. The van der Waals surface area contributed by atoms with E-state index >= 15 is 0 Å². The van der Waals surface area contributed by atoms with Gasteiger partial charge in [-0.05, 0) is 46.2 Å². The molecule has 1 unspecified atom stereocenters. The fourth-order valence-corrected chi connectivity index (χ4v) is 2.35. The lowest BCUT2D eigenvalue weighted by Crippen LogP contribution is -2.10. The zero-order chi connectivity index (χ0) is 12.1. The Labute approximate surface area is 116 Å². The van der Waals surface area contributed by atoms with Gasteiger partial charge in [-0.2, -0.15) is 0 Å². The third-order valence-electron chi connectivity index (χ3n) is 2.84. The second kappa shape index (κ2) is 6.05. The molecule has 0 aliphatic carbocycles. The van der Waals surface area contributed by atoms with Gasteiger partial charge in [0.25, 0.3) is 0 Å². The standard InChI is InChI=1S/C15H16IN/c1-12(13-7-3-2-4-8-13)11-17-15-10-6-5-9-14(15)16/h2-10,12,17H,11H2,1H3. The van der Waals surface area contributed by atoms with Gasteiger partial charge in [0.1, 0.15) is 0 Å². The van der Waals surface area contributed by atoms with E-state index < -0.39 is 0 Å². The molecule has 0 aliphatic rings. The number of benzene rings is 2. The molecule has 1 N–H and O–H groups in total. The van der Waals surface area contributed by atoms with Crippen molar-refractivity contribution in [1.82, 2.24) is 0 Å². The minimum Gasteiger partial charge on any atom is -0.384 e. The molecular formula is C15H16IN. The van der Waals surface area contributed by atoms with E-state index in [0.29, 0.717) is 5.92 Å². The van der Waals surface area contributed by atoms with Crippen LogP contribution in [0.15, 0.2) is 54.6 Å². The minimum absolute atomic E-state index is 0.521. The Morgan fingerprint density at radius 1 is 1.00 bits per heavy atom. The number of nitrogens with one attached hydrogen (secondary N) is 1. The third kappa shape index (κ3) is 3.46. The molecular weight excluding hydrogens is 321 g/mol. The van der Waals surface area contributed by atoms with Gasteiger partial charge in [-0.3, -0.25) is 0 Å². The molecule has 0 saturated carbocycles. The Morgan fingerprint density at radius 2 is 1.65 bits per heavy atom. The van der Waals surface area contributed by atoms with Crippen LogP contribution < -0.4 is 5.32 Å². The summed E-state index contributed by atoms with van der Waals surface area (Å²) in [5, 5.41) is 3.50. The lowest BCUT2D eigenvalue weighted by molar-refractivity contribution is 0.804. The van der Waals surface area contributed by atoms with Crippen molar-refractivity contribution < 1.29 is 0 Å². The van der Waals surface area contributed by atoms with E-state index in [2.05, 4.69) is 89.4 Å². The third-order valence-corrected chi connectivity index (χ3v) is 3.78. The second-order valence-electron chi connectivity index (χ2n) is 4.17. The summed E-state index contributed by atoms with van der Waals surface area (Å²) in [6.07, 6.45) is 0. The highest BCUT2D eigenvalue weighted by molar-refractivity contribution is 14.1. The van der Waals surface area contributed by atoms with E-state index in [1.807, 2.05) is 0 Å². The van der Waals surface area contributed by atoms with Gasteiger partial charge in [0.05, 0.1) is 0 Å². The second-order valence-corrected chi connectivity index (χ2v) is 5.33. The smallest absolute Gasteiger partial charge is 0.0476 e. The molecule has 0 amide bonds. The summed E-state index contributed by atoms with van der Waals surface area (Å²) in [5.74, 6) is 0.521. The van der Waals surface area contributed by atoms with Gasteiger partial charge in [-0.15, -0.1) is 0 Å². The summed E-state index contributed by atoms with van der Waals surface area (Å²) in [5.41, 5.74) is 2.60. The van der Waals surface area contributed by atoms with Crippen LogP contribution in [0.4, 0.5) is 5.69 Å². The van der Waals surface area contributed by atoms with Crippen molar-refractivity contribution in [3.8, 4) is 0 Å². The molecule has 1 atom stereocenters. The molecule has 2 aromatic carbocycles. The van der Waals surface area contributed by atoms with E-state index in [4.69, 9.17) is 0 Å². The van der Waals surface area contributed by atoms with Crippen LogP contribution in [-0.2, 0) is 0 Å². The molecule has 0 heterocycles. The van der Waals surface area contributed by atoms with E-state index in [1.165, 1.54) is 14.8 Å². The van der Waals surface area contributed by atoms with Crippen molar-refractivity contribution in [2.45, 2.75) is 12.8 Å². The molecule has 0 radical (unpaired) electrons. The zero-order valence-electron chi connectivity index (χ0n) is 9.86. The predicted octanol–water partition coefficient (Wildman–Crippen LogP) is 4.51. The van der Waals surface area contributed by atoms with Crippen molar-refractivity contribution in [1.29, 1.82) is 0 Å². The Bertz CT molecular complexity index is 467. The van der Waals surface area contributed by atoms with Gasteiger partial charge in [-0.25, -0.2) is 0 Å². The predicted molar refractivity (Wildman–Crippen MR) is 82.5 cm³/mol. The van der Waals surface area contributed by atoms with Gasteiger partial charge >= 0.3 is 0 Å². The topological polar surface area (TPSA) is 12.0 Å². The van der Waals surface area contributed by atoms with Crippen LogP contribution in [0.3, 0.4) is 0 Å². The van der Waals surface area contributed by atoms with Crippen molar-refractivity contribution in [2.24, 2.45) is 0 Å². The molecule has 0 spiro atoms. The van der Waals surface area contributed by atoms with E-state index in [9.17, 15) is 0 Å². The Hall–Kier alpha value is -1.03. The quantitative estimate of drug-likeness (QED) is 0.810. The molecule has 0 saturated heterocycles. The largest absolute Gasteiger partial charge is 0.384 e. The number of rotatable bonds is 4. The summed E-state index contributed by atoms with van der Waals surface area (Å²) in [6, 6.07) is 19.0. The number of hydrogen-bond donors (Lipinski definition) is 1. The Morgan fingerprint density at radius 3 is 2.35 bits per heavy atom. The lowest BCUT2D eigenvalue weighted by atomic mass is 10.0. The monoisotopic (exact) mass is 337 g/mol. The fraction of sp³-hybridized carbons (Fsp3) is 0.200. The molecule has 17 heavy (non-hydrogen) atoms. The van der Waals surface area contributed by atoms with E-state index in [-0.39, 0.29) is 0 Å². The van der Waals surface area contributed by atoms with Crippen LogP contribution in [0.5, 0.6) is 0 Å². The highest BCUT2D eigenvalue weighted by Gasteiger charge is 2.05. The van der Waals surface area contributed by atoms with Crippen LogP contribution in [0.1, 0.15) is 18.4 Å². The summed E-state index contributed by atoms with van der Waals surface area (Å²) in [7, 11) is 0. The molecule has 0 bridgehead atoms. The van der Waals surface area contributed by atoms with Crippen molar-refractivity contribution in [3.63, 3.8) is 0 Å². The van der Waals surface area contributed by atoms with Crippen molar-refractivity contribution in [2.75, 3.05) is 11.9 Å². The van der Waals surface area contributed by atoms with Crippen molar-refractivity contribution in [3.05, 3.63) is 63.7 Å². The van der Waals surface area contributed by atoms with Crippen LogP contribution in [0.25, 0.3) is 0 Å². The van der Waals surface area contributed by atoms with Crippen LogP contribution in [0.2, 0.25) is 0 Å². The normalized spacial score (nSPS) is 12.1. The van der Waals surface area contributed by atoms with Crippen molar-refractivity contribution >= 4 is 28.3 Å². The van der Waals surface area contributed by atoms with E-state index in [0.717, 1.165) is 6.54 Å². The number of hydrogen-bond acceptors (Lipinski definition) is 1. The maximum Gasteiger partial charge on any atom is 0.0476 e. The van der Waals surface area contributed by atoms with Gasteiger partial charge in [0.2, 0.25) is 0 Å². The first kappa shape index (κ1) is 12.4. The van der Waals surface area contributed by atoms with E-state index in [1.54, 1.807) is 0 Å². The molecule has 2 aromatic rings. The van der Waals surface area contributed by atoms with Gasteiger partial charge in [-0.1, -0.05) is 49.4 Å². The summed E-state index contributed by atoms with van der Waals surface area (Å²) >= 11 is 2.36. The average Bonchev–Trinajstić information content (AvgIpc) is 2.38. The molecule has 2 heteroatoms. The maximum atomic E-state index is 3.50. The molecule has 2 rings (SSSR count). The Kier molecular flexibility index (Phi) is 4.42. The van der Waals surface area contributed by atoms with Crippen LogP contribution in [-0.4, -0.2) is 6.54 Å². The molecule has 0 fully saturated rings. The summed E-state index contributed by atoms with van der Waals surface area (Å²) in [6.45, 7) is 3.21. The fourth-order valence-electron chi connectivity index (χ4n) is 1.77. The first-order valence-electron chi connectivity index (χ1n) is 5.80. The summed E-state index contributed by atoms with van der Waals surface area (Å²) in [4.78, 5) is 0. The average molecular weight is 337 g/mol. The number of halogens is 1. The van der Waals surface area contributed by atoms with Crippen LogP contribution in [0, 0.1) is 3.57 Å². The molecule has 1 nitrogen and oxygen atoms in total. The highest BCUT2D eigenvalue weighted by atomic mass is 127. The first-order chi connectivity index (χ1) is 8.27. The first-order valence-corrected chi connectivity index (χ1v) is 6.88. The maximum absolute atomic E-state index is 3.50. The van der Waals surface area contributed by atoms with Gasteiger partial charge in [0.15, 0.2) is 0 Å². The molecule has 88 valence electrons. The minimum atomic E-state index is 0.521. The van der Waals surface area contributed by atoms with Gasteiger partial charge < -0.3 is 5.32 Å². The lowest BCUT2D eigenvalue weighted by Gasteiger charge is -2.14. The summed E-state index contributed by atoms with van der Waals surface area (Å²) < 4.78 is 1.27. The molecule has 0 aromatic heterocycles. The Balaban J connectivity index is 1.97. The highest BCUT2D eigenvalue weighted by Crippen LogP contribution is 2.20. The molecule has 0 aliphatic heterocycles. The SMILES string of the molecule is CC(CNc1ccccc1I)c1ccccc1. The zero-order valence-corrected chi connectivity index (χ0v) is 12.0. The number of anilines is 1. The van der Waals surface area contributed by atoms with Gasteiger partial charge in [0, 0.05) is 15.8 Å².